The number of benzene rings is 1. The minimum absolute atomic E-state index is 0.0739. The van der Waals surface area contributed by atoms with Crippen LogP contribution in [-0.4, -0.2) is 43.8 Å². The summed E-state index contributed by atoms with van der Waals surface area (Å²) >= 11 is 1.53. The summed E-state index contributed by atoms with van der Waals surface area (Å²) in [5.41, 5.74) is -0.140. The zero-order valence-corrected chi connectivity index (χ0v) is 19.0. The number of aromatic nitrogens is 5. The molecule has 12 heteroatoms. The fraction of sp³-hybridized carbons (Fsp3) is 0.182. The first-order valence-electron chi connectivity index (χ1n) is 10.1. The van der Waals surface area contributed by atoms with E-state index in [4.69, 9.17) is 4.74 Å². The minimum atomic E-state index is -0.830. The van der Waals surface area contributed by atoms with Gasteiger partial charge < -0.3 is 15.0 Å². The number of hydrogen-bond acceptors (Lipinski definition) is 8. The van der Waals surface area contributed by atoms with E-state index < -0.39 is 23.0 Å². The highest BCUT2D eigenvalue weighted by molar-refractivity contribution is 7.15. The Labute approximate surface area is 196 Å². The quantitative estimate of drug-likeness (QED) is 0.385. The predicted octanol–water partition coefficient (Wildman–Crippen LogP) is 2.00. The second-order valence-electron chi connectivity index (χ2n) is 7.13. The van der Waals surface area contributed by atoms with Crippen LogP contribution in [0.25, 0.3) is 16.3 Å². The SMILES string of the molecule is Cc1nc(C)c(-c2ccc(OCCNC(=O)c3c[nH]c(=O)n(-c4ccc(F)cc4)c3=O)nn2)s1. The number of hydrogen-bond donors (Lipinski definition) is 2. The smallest absolute Gasteiger partial charge is 0.333 e. The van der Waals surface area contributed by atoms with Crippen molar-refractivity contribution in [2.75, 3.05) is 13.2 Å². The lowest BCUT2D eigenvalue weighted by atomic mass is 10.2. The molecule has 3 aromatic heterocycles. The van der Waals surface area contributed by atoms with Gasteiger partial charge >= 0.3 is 5.69 Å². The molecule has 0 spiro atoms. The van der Waals surface area contributed by atoms with Gasteiger partial charge in [0.05, 0.1) is 27.8 Å². The Morgan fingerprint density at radius 2 is 1.91 bits per heavy atom. The summed E-state index contributed by atoms with van der Waals surface area (Å²) in [6.45, 7) is 3.98. The number of nitrogens with one attached hydrogen (secondary N) is 2. The maximum Gasteiger partial charge on any atom is 0.333 e. The molecular weight excluding hydrogens is 463 g/mol. The van der Waals surface area contributed by atoms with Crippen LogP contribution in [0.5, 0.6) is 5.88 Å². The van der Waals surface area contributed by atoms with Crippen molar-refractivity contribution in [3.05, 3.63) is 85.5 Å². The van der Waals surface area contributed by atoms with Crippen LogP contribution in [0.4, 0.5) is 4.39 Å². The van der Waals surface area contributed by atoms with Gasteiger partial charge in [-0.2, -0.15) is 0 Å². The lowest BCUT2D eigenvalue weighted by molar-refractivity contribution is 0.0944. The van der Waals surface area contributed by atoms with Crippen LogP contribution in [0.3, 0.4) is 0 Å². The van der Waals surface area contributed by atoms with E-state index in [-0.39, 0.29) is 30.3 Å². The molecule has 0 saturated heterocycles. The van der Waals surface area contributed by atoms with Gasteiger partial charge in [-0.15, -0.1) is 21.5 Å². The molecule has 0 aliphatic rings. The van der Waals surface area contributed by atoms with Crippen LogP contribution in [0.1, 0.15) is 21.1 Å². The average Bonchev–Trinajstić information content (AvgIpc) is 3.16. The van der Waals surface area contributed by atoms with Crippen LogP contribution in [0, 0.1) is 19.7 Å². The zero-order chi connectivity index (χ0) is 24.2. The summed E-state index contributed by atoms with van der Waals surface area (Å²) < 4.78 is 19.4. The highest BCUT2D eigenvalue weighted by atomic mass is 32.1. The Balaban J connectivity index is 1.37. The summed E-state index contributed by atoms with van der Waals surface area (Å²) in [7, 11) is 0. The van der Waals surface area contributed by atoms with E-state index >= 15 is 0 Å². The third-order valence-electron chi connectivity index (χ3n) is 4.72. The van der Waals surface area contributed by atoms with E-state index in [1.807, 2.05) is 13.8 Å². The van der Waals surface area contributed by atoms with Crippen molar-refractivity contribution in [1.29, 1.82) is 0 Å². The molecule has 34 heavy (non-hydrogen) atoms. The van der Waals surface area contributed by atoms with E-state index in [0.29, 0.717) is 5.69 Å². The van der Waals surface area contributed by atoms with Crippen LogP contribution < -0.4 is 21.3 Å². The number of H-pyrrole nitrogens is 1. The molecule has 1 amide bonds. The summed E-state index contributed by atoms with van der Waals surface area (Å²) in [6, 6.07) is 8.21. The van der Waals surface area contributed by atoms with Crippen LogP contribution in [0.2, 0.25) is 0 Å². The Hall–Kier alpha value is -4.19. The molecule has 174 valence electrons. The second-order valence-corrected chi connectivity index (χ2v) is 8.34. The van der Waals surface area contributed by atoms with E-state index in [1.165, 1.54) is 23.5 Å². The van der Waals surface area contributed by atoms with Gasteiger partial charge in [0.1, 0.15) is 23.7 Å². The Bertz CT molecular complexity index is 1440. The number of ether oxygens (including phenoxy) is 1. The second kappa shape index (κ2) is 9.75. The molecule has 3 heterocycles. The van der Waals surface area contributed by atoms with Crippen molar-refractivity contribution >= 4 is 17.2 Å². The van der Waals surface area contributed by atoms with Gasteiger partial charge in [0.2, 0.25) is 5.88 Å². The highest BCUT2D eigenvalue weighted by Crippen LogP contribution is 2.28. The van der Waals surface area contributed by atoms with Crippen LogP contribution in [-0.2, 0) is 0 Å². The van der Waals surface area contributed by atoms with Crippen molar-refractivity contribution in [3.63, 3.8) is 0 Å². The normalized spacial score (nSPS) is 10.8. The van der Waals surface area contributed by atoms with E-state index in [9.17, 15) is 18.8 Å². The lowest BCUT2D eigenvalue weighted by Crippen LogP contribution is -2.40. The van der Waals surface area contributed by atoms with Gasteiger partial charge in [0.25, 0.3) is 11.5 Å². The largest absolute Gasteiger partial charge is 0.475 e. The van der Waals surface area contributed by atoms with Gasteiger partial charge in [-0.05, 0) is 44.2 Å². The number of aromatic amines is 1. The summed E-state index contributed by atoms with van der Waals surface area (Å²) in [4.78, 5) is 44.9. The van der Waals surface area contributed by atoms with E-state index in [0.717, 1.165) is 38.5 Å². The molecule has 0 bridgehead atoms. The van der Waals surface area contributed by atoms with Crippen molar-refractivity contribution in [3.8, 4) is 22.1 Å². The van der Waals surface area contributed by atoms with Crippen LogP contribution >= 0.6 is 11.3 Å². The molecule has 0 saturated carbocycles. The first-order chi connectivity index (χ1) is 16.3. The molecule has 0 atom stereocenters. The van der Waals surface area contributed by atoms with Crippen molar-refractivity contribution < 1.29 is 13.9 Å². The number of halogens is 1. The van der Waals surface area contributed by atoms with E-state index in [2.05, 4.69) is 25.5 Å². The standard InChI is InChI=1S/C22H19FN6O4S/c1-12-19(34-13(2)26-12)17-7-8-18(28-27-17)33-10-9-24-20(30)16-11-25-22(32)29(21(16)31)15-5-3-14(23)4-6-15/h3-8,11H,9-10H2,1-2H3,(H,24,30)(H,25,32). The fourth-order valence-electron chi connectivity index (χ4n) is 3.16. The third kappa shape index (κ3) is 4.91. The summed E-state index contributed by atoms with van der Waals surface area (Å²) in [5, 5.41) is 11.7. The number of thiazole rings is 1. The maximum atomic E-state index is 13.2. The van der Waals surface area contributed by atoms with Crippen molar-refractivity contribution in [2.45, 2.75) is 13.8 Å². The molecule has 4 aromatic rings. The molecule has 4 rings (SSSR count). The lowest BCUT2D eigenvalue weighted by Gasteiger charge is -2.09. The summed E-state index contributed by atoms with van der Waals surface area (Å²) in [6.07, 6.45) is 1.04. The van der Waals surface area contributed by atoms with Gasteiger partial charge in [0, 0.05) is 12.3 Å². The molecule has 0 radical (unpaired) electrons. The number of aryl methyl sites for hydroxylation is 2. The van der Waals surface area contributed by atoms with Gasteiger partial charge in [-0.1, -0.05) is 0 Å². The average molecular weight is 482 g/mol. The Morgan fingerprint density at radius 1 is 1.15 bits per heavy atom. The molecule has 0 unspecified atom stereocenters. The van der Waals surface area contributed by atoms with Gasteiger partial charge in [0.15, 0.2) is 0 Å². The number of carbonyl (C=O) groups excluding carboxylic acids is 1. The van der Waals surface area contributed by atoms with Gasteiger partial charge in [-0.25, -0.2) is 18.7 Å². The van der Waals surface area contributed by atoms with Crippen molar-refractivity contribution in [2.24, 2.45) is 0 Å². The highest BCUT2D eigenvalue weighted by Gasteiger charge is 2.16. The zero-order valence-electron chi connectivity index (χ0n) is 18.2. The molecule has 0 fully saturated rings. The molecule has 0 aliphatic heterocycles. The molecular formula is C22H19FN6O4S. The topological polar surface area (TPSA) is 132 Å². The first kappa shape index (κ1) is 23.0. The maximum absolute atomic E-state index is 13.2. The van der Waals surface area contributed by atoms with Crippen molar-refractivity contribution in [1.82, 2.24) is 30.0 Å². The molecule has 1 aromatic carbocycles. The fourth-order valence-corrected chi connectivity index (χ4v) is 4.05. The Morgan fingerprint density at radius 3 is 2.56 bits per heavy atom. The molecule has 2 N–H and O–H groups in total. The molecule has 0 aliphatic carbocycles. The number of rotatable bonds is 7. The van der Waals surface area contributed by atoms with E-state index in [1.54, 1.807) is 12.1 Å². The summed E-state index contributed by atoms with van der Waals surface area (Å²) in [5.74, 6) is -0.937. The monoisotopic (exact) mass is 482 g/mol. The third-order valence-corrected chi connectivity index (χ3v) is 5.82. The number of amides is 1. The van der Waals surface area contributed by atoms with Gasteiger partial charge in [-0.3, -0.25) is 9.59 Å². The number of carbonyl (C=O) groups is 1. The predicted molar refractivity (Wildman–Crippen MR) is 123 cm³/mol. The molecule has 10 nitrogen and oxygen atoms in total. The Kier molecular flexibility index (Phi) is 6.59. The first-order valence-corrected chi connectivity index (χ1v) is 10.9. The van der Waals surface area contributed by atoms with Crippen LogP contribution in [0.15, 0.2) is 52.2 Å². The number of nitrogens with zero attached hydrogens (tertiary/aromatic N) is 4. The minimum Gasteiger partial charge on any atom is -0.475 e.